The molecule has 0 unspecified atom stereocenters. The van der Waals surface area contributed by atoms with Crippen LogP contribution in [0.4, 0.5) is 10.1 Å². The van der Waals surface area contributed by atoms with Crippen LogP contribution >= 0.6 is 11.7 Å². The number of para-hydroxylation sites is 1. The van der Waals surface area contributed by atoms with E-state index in [-0.39, 0.29) is 16.1 Å². The lowest BCUT2D eigenvalue weighted by Crippen LogP contribution is -2.40. The molecule has 0 bridgehead atoms. The van der Waals surface area contributed by atoms with Gasteiger partial charge in [-0.25, -0.2) is 12.8 Å². The van der Waals surface area contributed by atoms with E-state index in [2.05, 4.69) is 18.8 Å². The van der Waals surface area contributed by atoms with Crippen molar-refractivity contribution in [1.82, 2.24) is 13.5 Å². The number of aromatic nitrogens is 2. The molecule has 0 radical (unpaired) electrons. The van der Waals surface area contributed by atoms with Crippen molar-refractivity contribution >= 4 is 50.3 Å². The van der Waals surface area contributed by atoms with Crippen LogP contribution in [0.2, 0.25) is 0 Å². The van der Waals surface area contributed by atoms with Crippen LogP contribution in [0.1, 0.15) is 6.92 Å². The lowest BCUT2D eigenvalue weighted by atomic mass is 10.3. The first-order valence-electron chi connectivity index (χ1n) is 8.22. The Bertz CT molecular complexity index is 1170. The predicted octanol–water partition coefficient (Wildman–Crippen LogP) is 1.68. The van der Waals surface area contributed by atoms with E-state index in [9.17, 15) is 22.4 Å². The van der Waals surface area contributed by atoms with Gasteiger partial charge < -0.3 is 10.1 Å². The molecule has 0 aliphatic heterocycles. The Morgan fingerprint density at radius 2 is 1.93 bits per heavy atom. The number of hydrogen-bond acceptors (Lipinski definition) is 8. The SMILES string of the molecule is C[C@H](NS(=O)(=O)c1cccc2nsnc12)C(=O)OCC(=O)Nc1ccccc1F. The second-order valence-electron chi connectivity index (χ2n) is 5.87. The van der Waals surface area contributed by atoms with Crippen LogP contribution in [-0.4, -0.2) is 41.7 Å². The van der Waals surface area contributed by atoms with E-state index in [1.165, 1.54) is 37.3 Å². The smallest absolute Gasteiger partial charge is 0.324 e. The van der Waals surface area contributed by atoms with Gasteiger partial charge in [-0.15, -0.1) is 0 Å². The zero-order valence-electron chi connectivity index (χ0n) is 15.0. The summed E-state index contributed by atoms with van der Waals surface area (Å²) in [6.07, 6.45) is 0. The molecule has 1 atom stereocenters. The first-order chi connectivity index (χ1) is 13.8. The molecule has 1 aromatic heterocycles. The van der Waals surface area contributed by atoms with Gasteiger partial charge in [-0.3, -0.25) is 9.59 Å². The van der Waals surface area contributed by atoms with E-state index < -0.39 is 40.4 Å². The molecule has 0 saturated heterocycles. The fourth-order valence-electron chi connectivity index (χ4n) is 2.35. The molecule has 2 N–H and O–H groups in total. The zero-order valence-corrected chi connectivity index (χ0v) is 16.6. The third-order valence-corrected chi connectivity index (χ3v) is 5.83. The number of nitrogens with zero attached hydrogens (tertiary/aromatic N) is 2. The Hall–Kier alpha value is -2.96. The van der Waals surface area contributed by atoms with Gasteiger partial charge in [0, 0.05) is 0 Å². The molecule has 0 aliphatic carbocycles. The highest BCUT2D eigenvalue weighted by atomic mass is 32.2. The Morgan fingerprint density at radius 3 is 2.69 bits per heavy atom. The van der Waals surface area contributed by atoms with Crippen molar-refractivity contribution in [1.29, 1.82) is 0 Å². The van der Waals surface area contributed by atoms with E-state index in [1.807, 2.05) is 0 Å². The molecule has 152 valence electrons. The Kier molecular flexibility index (Phi) is 6.15. The number of ether oxygens (including phenoxy) is 1. The van der Waals surface area contributed by atoms with Crippen molar-refractivity contribution in [2.45, 2.75) is 17.9 Å². The maximum atomic E-state index is 13.5. The number of hydrogen-bond donors (Lipinski definition) is 2. The van der Waals surface area contributed by atoms with Crippen molar-refractivity contribution in [2.24, 2.45) is 0 Å². The summed E-state index contributed by atoms with van der Waals surface area (Å²) in [6.45, 7) is 0.568. The summed E-state index contributed by atoms with van der Waals surface area (Å²) in [6, 6.07) is 8.69. The highest BCUT2D eigenvalue weighted by Crippen LogP contribution is 2.21. The normalized spacial score (nSPS) is 12.5. The molecule has 0 saturated carbocycles. The zero-order chi connectivity index (χ0) is 21.0. The van der Waals surface area contributed by atoms with Crippen LogP contribution < -0.4 is 10.0 Å². The summed E-state index contributed by atoms with van der Waals surface area (Å²) in [4.78, 5) is 23.7. The van der Waals surface area contributed by atoms with Gasteiger partial charge in [0.1, 0.15) is 27.8 Å². The number of halogens is 1. The first kappa shape index (κ1) is 20.8. The molecule has 2 aromatic carbocycles. The third-order valence-electron chi connectivity index (χ3n) is 3.72. The van der Waals surface area contributed by atoms with Gasteiger partial charge in [0.2, 0.25) is 10.0 Å². The molecule has 9 nitrogen and oxygen atoms in total. The minimum absolute atomic E-state index is 0.0627. The number of nitrogens with one attached hydrogen (secondary N) is 2. The highest BCUT2D eigenvalue weighted by molar-refractivity contribution is 7.89. The number of anilines is 1. The highest BCUT2D eigenvalue weighted by Gasteiger charge is 2.26. The maximum absolute atomic E-state index is 13.5. The second kappa shape index (κ2) is 8.59. The van der Waals surface area contributed by atoms with E-state index in [4.69, 9.17) is 4.74 Å². The van der Waals surface area contributed by atoms with E-state index in [0.29, 0.717) is 5.52 Å². The predicted molar refractivity (Wildman–Crippen MR) is 103 cm³/mol. The van der Waals surface area contributed by atoms with E-state index in [1.54, 1.807) is 6.07 Å². The van der Waals surface area contributed by atoms with Crippen molar-refractivity contribution < 1.29 is 27.1 Å². The lowest BCUT2D eigenvalue weighted by molar-refractivity contribution is -0.148. The third kappa shape index (κ3) is 4.91. The molecule has 29 heavy (non-hydrogen) atoms. The van der Waals surface area contributed by atoms with Crippen LogP contribution in [-0.2, 0) is 24.3 Å². The summed E-state index contributed by atoms with van der Waals surface area (Å²) < 4.78 is 53.6. The number of amides is 1. The molecule has 0 fully saturated rings. The maximum Gasteiger partial charge on any atom is 0.324 e. The van der Waals surface area contributed by atoms with Crippen LogP contribution in [0.3, 0.4) is 0 Å². The second-order valence-corrected chi connectivity index (χ2v) is 8.08. The molecule has 3 aromatic rings. The van der Waals surface area contributed by atoms with Crippen molar-refractivity contribution in [3.05, 3.63) is 48.3 Å². The number of fused-ring (bicyclic) bond motifs is 1. The molecule has 3 rings (SSSR count). The molecular weight excluding hydrogens is 423 g/mol. The topological polar surface area (TPSA) is 127 Å². The number of esters is 1. The fourth-order valence-corrected chi connectivity index (χ4v) is 4.31. The largest absolute Gasteiger partial charge is 0.454 e. The number of benzene rings is 2. The van der Waals surface area contributed by atoms with E-state index in [0.717, 1.165) is 17.8 Å². The fraction of sp³-hybridized carbons (Fsp3) is 0.176. The Balaban J connectivity index is 1.59. The summed E-state index contributed by atoms with van der Waals surface area (Å²) in [5, 5.41) is 2.25. The average Bonchev–Trinajstić information content (AvgIpc) is 3.16. The summed E-state index contributed by atoms with van der Waals surface area (Å²) in [7, 11) is -4.09. The van der Waals surface area contributed by atoms with Crippen molar-refractivity contribution in [2.75, 3.05) is 11.9 Å². The van der Waals surface area contributed by atoms with Crippen molar-refractivity contribution in [3.63, 3.8) is 0 Å². The van der Waals surface area contributed by atoms with Crippen LogP contribution in [0.15, 0.2) is 47.4 Å². The van der Waals surface area contributed by atoms with Gasteiger partial charge in [0.25, 0.3) is 5.91 Å². The van der Waals surface area contributed by atoms with Gasteiger partial charge in [-0.05, 0) is 31.2 Å². The summed E-state index contributed by atoms with van der Waals surface area (Å²) in [5.41, 5.74) is 0.542. The summed E-state index contributed by atoms with van der Waals surface area (Å²) >= 11 is 0.866. The molecule has 1 amide bonds. The number of carbonyl (C=O) groups excluding carboxylic acids is 2. The molecule has 0 aliphatic rings. The van der Waals surface area contributed by atoms with Gasteiger partial charge >= 0.3 is 5.97 Å². The standard InChI is InChI=1S/C17H15FN4O5S2/c1-10(17(24)27-9-15(23)19-12-6-3-2-5-11(12)18)22-29(25,26)14-8-4-7-13-16(14)21-28-20-13/h2-8,10,22H,9H2,1H3,(H,19,23)/t10-/m0/s1. The van der Waals surface area contributed by atoms with E-state index >= 15 is 0 Å². The number of sulfonamides is 1. The van der Waals surface area contributed by atoms with Gasteiger partial charge in [-0.2, -0.15) is 13.5 Å². The molecule has 0 spiro atoms. The van der Waals surface area contributed by atoms with Gasteiger partial charge in [-0.1, -0.05) is 18.2 Å². The number of carbonyl (C=O) groups is 2. The number of rotatable bonds is 7. The van der Waals surface area contributed by atoms with Gasteiger partial charge in [0.05, 0.1) is 17.4 Å². The van der Waals surface area contributed by atoms with Crippen LogP contribution in [0.5, 0.6) is 0 Å². The molecule has 1 heterocycles. The van der Waals surface area contributed by atoms with Crippen LogP contribution in [0.25, 0.3) is 11.0 Å². The Morgan fingerprint density at radius 1 is 1.17 bits per heavy atom. The summed E-state index contributed by atoms with van der Waals surface area (Å²) in [5.74, 6) is -2.38. The molecule has 12 heteroatoms. The first-order valence-corrected chi connectivity index (χ1v) is 10.4. The van der Waals surface area contributed by atoms with Crippen LogP contribution in [0, 0.1) is 5.82 Å². The molecular formula is C17H15FN4O5S2. The lowest BCUT2D eigenvalue weighted by Gasteiger charge is -2.14. The Labute approximate surface area is 169 Å². The minimum atomic E-state index is -4.09. The monoisotopic (exact) mass is 438 g/mol. The quantitative estimate of drug-likeness (QED) is 0.537. The van der Waals surface area contributed by atoms with Gasteiger partial charge in [0.15, 0.2) is 6.61 Å². The minimum Gasteiger partial charge on any atom is -0.454 e. The average molecular weight is 438 g/mol. The van der Waals surface area contributed by atoms with Crippen molar-refractivity contribution in [3.8, 4) is 0 Å².